The normalized spacial score (nSPS) is 11.0. The molecule has 1 amide bonds. The summed E-state index contributed by atoms with van der Waals surface area (Å²) in [5, 5.41) is 4.95. The molecule has 4 rings (SSSR count). The first-order valence-corrected chi connectivity index (χ1v) is 10.3. The van der Waals surface area contributed by atoms with E-state index in [9.17, 15) is 4.79 Å². The van der Waals surface area contributed by atoms with Gasteiger partial charge >= 0.3 is 0 Å². The minimum atomic E-state index is -0.102. The van der Waals surface area contributed by atoms with Gasteiger partial charge in [-0.2, -0.15) is 0 Å². The predicted octanol–water partition coefficient (Wildman–Crippen LogP) is 5.08. The quantitative estimate of drug-likeness (QED) is 0.462. The van der Waals surface area contributed by atoms with Crippen molar-refractivity contribution in [2.45, 2.75) is 5.16 Å². The largest absolute Gasteiger partial charge is 0.322 e. The number of carbonyl (C=O) groups excluding carboxylic acids is 1. The average Bonchev–Trinajstić information content (AvgIpc) is 3.23. The summed E-state index contributed by atoms with van der Waals surface area (Å²) in [6, 6.07) is 15.4. The Bertz CT molecular complexity index is 1070. The smallest absolute Gasteiger partial charge is 0.236 e. The van der Waals surface area contributed by atoms with Gasteiger partial charge in [-0.15, -0.1) is 0 Å². The molecule has 0 atom stereocenters. The number of rotatable bonds is 5. The molecular formula is C19H15ClN4OS2. The molecule has 27 heavy (non-hydrogen) atoms. The molecule has 0 bridgehead atoms. The van der Waals surface area contributed by atoms with Gasteiger partial charge in [0.05, 0.1) is 27.9 Å². The minimum absolute atomic E-state index is 0.102. The summed E-state index contributed by atoms with van der Waals surface area (Å²) in [6.45, 7) is 0. The fourth-order valence-electron chi connectivity index (χ4n) is 2.63. The van der Waals surface area contributed by atoms with Crippen LogP contribution < -0.4 is 5.32 Å². The summed E-state index contributed by atoms with van der Waals surface area (Å²) in [7, 11) is 1.94. The first kappa shape index (κ1) is 18.0. The zero-order valence-corrected chi connectivity index (χ0v) is 16.7. The number of halogens is 1. The Morgan fingerprint density at radius 1 is 1.22 bits per heavy atom. The van der Waals surface area contributed by atoms with Crippen molar-refractivity contribution in [3.05, 3.63) is 59.8 Å². The molecular weight excluding hydrogens is 400 g/mol. The number of para-hydroxylation sites is 1. The van der Waals surface area contributed by atoms with Crippen LogP contribution in [0.1, 0.15) is 0 Å². The van der Waals surface area contributed by atoms with E-state index in [0.29, 0.717) is 10.2 Å². The summed E-state index contributed by atoms with van der Waals surface area (Å²) in [4.78, 5) is 21.1. The maximum absolute atomic E-state index is 12.3. The fraction of sp³-hybridized carbons (Fsp3) is 0.105. The number of hydrogen-bond donors (Lipinski definition) is 1. The van der Waals surface area contributed by atoms with Crippen LogP contribution >= 0.6 is 34.7 Å². The van der Waals surface area contributed by atoms with Gasteiger partial charge in [-0.05, 0) is 29.8 Å². The molecule has 136 valence electrons. The second-order valence-corrected chi connectivity index (χ2v) is 8.23. The Kier molecular flexibility index (Phi) is 5.15. The van der Waals surface area contributed by atoms with Crippen LogP contribution in [-0.2, 0) is 11.8 Å². The number of thiazole rings is 1. The first-order valence-electron chi connectivity index (χ1n) is 8.16. The molecule has 2 heterocycles. The lowest BCUT2D eigenvalue weighted by atomic mass is 10.2. The molecule has 0 aliphatic heterocycles. The van der Waals surface area contributed by atoms with Crippen LogP contribution in [-0.4, -0.2) is 26.2 Å². The van der Waals surface area contributed by atoms with Crippen molar-refractivity contribution >= 4 is 56.0 Å². The lowest BCUT2D eigenvalue weighted by Crippen LogP contribution is -2.14. The van der Waals surface area contributed by atoms with Gasteiger partial charge < -0.3 is 9.88 Å². The molecule has 0 aliphatic rings. The van der Waals surface area contributed by atoms with Crippen LogP contribution in [0.15, 0.2) is 59.9 Å². The van der Waals surface area contributed by atoms with Crippen molar-refractivity contribution in [1.82, 2.24) is 14.5 Å². The topological polar surface area (TPSA) is 59.8 Å². The maximum atomic E-state index is 12.3. The van der Waals surface area contributed by atoms with Gasteiger partial charge in [0, 0.05) is 12.1 Å². The highest BCUT2D eigenvalue weighted by atomic mass is 35.5. The highest BCUT2D eigenvalue weighted by Gasteiger charge is 2.12. The van der Waals surface area contributed by atoms with E-state index in [1.807, 2.05) is 60.1 Å². The van der Waals surface area contributed by atoms with Crippen LogP contribution in [0.3, 0.4) is 0 Å². The minimum Gasteiger partial charge on any atom is -0.322 e. The molecule has 5 nitrogen and oxygen atoms in total. The van der Waals surface area contributed by atoms with Gasteiger partial charge in [0.2, 0.25) is 5.91 Å². The highest BCUT2D eigenvalue weighted by molar-refractivity contribution is 7.99. The Morgan fingerprint density at radius 2 is 2.00 bits per heavy atom. The van der Waals surface area contributed by atoms with Gasteiger partial charge in [0.15, 0.2) is 10.3 Å². The molecule has 8 heteroatoms. The van der Waals surface area contributed by atoms with E-state index < -0.39 is 0 Å². The third-order valence-electron chi connectivity index (χ3n) is 3.96. The van der Waals surface area contributed by atoms with E-state index in [1.165, 1.54) is 23.1 Å². The zero-order chi connectivity index (χ0) is 18.8. The van der Waals surface area contributed by atoms with Gasteiger partial charge in [0.25, 0.3) is 0 Å². The van der Waals surface area contributed by atoms with E-state index in [0.717, 1.165) is 26.6 Å². The van der Waals surface area contributed by atoms with Crippen molar-refractivity contribution < 1.29 is 4.79 Å². The van der Waals surface area contributed by atoms with Gasteiger partial charge in [-0.25, -0.2) is 9.97 Å². The second kappa shape index (κ2) is 7.72. The summed E-state index contributed by atoms with van der Waals surface area (Å²) in [5.41, 5.74) is 2.89. The Balaban J connectivity index is 1.41. The lowest BCUT2D eigenvalue weighted by Gasteiger charge is -2.06. The summed E-state index contributed by atoms with van der Waals surface area (Å²) in [6.07, 6.45) is 1.80. The Hall–Kier alpha value is -2.35. The summed E-state index contributed by atoms with van der Waals surface area (Å²) < 4.78 is 3.02. The number of thioether (sulfide) groups is 1. The van der Waals surface area contributed by atoms with Crippen LogP contribution in [0, 0.1) is 0 Å². The molecule has 4 aromatic rings. The average molecular weight is 415 g/mol. The van der Waals surface area contributed by atoms with Crippen LogP contribution in [0.4, 0.5) is 5.13 Å². The Labute approximate surface area is 169 Å². The monoisotopic (exact) mass is 414 g/mol. The number of fused-ring (bicyclic) bond motifs is 1. The highest BCUT2D eigenvalue weighted by Crippen LogP contribution is 2.27. The number of imidazole rings is 1. The summed E-state index contributed by atoms with van der Waals surface area (Å²) >= 11 is 8.81. The molecule has 0 spiro atoms. The van der Waals surface area contributed by atoms with Crippen molar-refractivity contribution in [2.24, 2.45) is 7.05 Å². The standard InChI is InChI=1S/C19H15ClN4OS2/c1-24-15(12-6-8-13(20)9-7-12)10-21-19(24)26-11-17(25)23-18-22-14-4-2-3-5-16(14)27-18/h2-10H,11H2,1H3,(H,22,23,25). The van der Waals surface area contributed by atoms with E-state index >= 15 is 0 Å². The third-order valence-corrected chi connectivity index (χ3v) is 6.21. The Morgan fingerprint density at radius 3 is 2.78 bits per heavy atom. The predicted molar refractivity (Wildman–Crippen MR) is 113 cm³/mol. The number of hydrogen-bond acceptors (Lipinski definition) is 5. The number of nitrogens with zero attached hydrogens (tertiary/aromatic N) is 3. The molecule has 0 aliphatic carbocycles. The molecule has 0 saturated carbocycles. The molecule has 0 saturated heterocycles. The number of aromatic nitrogens is 3. The summed E-state index contributed by atoms with van der Waals surface area (Å²) in [5.74, 6) is 0.163. The fourth-order valence-corrected chi connectivity index (χ4v) is 4.39. The number of nitrogens with one attached hydrogen (secondary N) is 1. The third kappa shape index (κ3) is 4.00. The SMILES string of the molecule is Cn1c(-c2ccc(Cl)cc2)cnc1SCC(=O)Nc1nc2ccccc2s1. The zero-order valence-electron chi connectivity index (χ0n) is 14.3. The first-order chi connectivity index (χ1) is 13.1. The van der Waals surface area contributed by atoms with Crippen molar-refractivity contribution in [1.29, 1.82) is 0 Å². The second-order valence-electron chi connectivity index (χ2n) is 5.82. The van der Waals surface area contributed by atoms with Gasteiger partial charge in [-0.1, -0.05) is 59.0 Å². The van der Waals surface area contributed by atoms with E-state index in [2.05, 4.69) is 15.3 Å². The van der Waals surface area contributed by atoms with Crippen molar-refractivity contribution in [2.75, 3.05) is 11.1 Å². The number of amides is 1. The molecule has 0 fully saturated rings. The number of anilines is 1. The van der Waals surface area contributed by atoms with E-state index in [1.54, 1.807) is 6.20 Å². The lowest BCUT2D eigenvalue weighted by molar-refractivity contribution is -0.113. The molecule has 2 aromatic heterocycles. The van der Waals surface area contributed by atoms with E-state index in [4.69, 9.17) is 11.6 Å². The van der Waals surface area contributed by atoms with Crippen molar-refractivity contribution in [3.63, 3.8) is 0 Å². The molecule has 2 aromatic carbocycles. The van der Waals surface area contributed by atoms with Gasteiger partial charge in [0.1, 0.15) is 0 Å². The number of benzene rings is 2. The van der Waals surface area contributed by atoms with Crippen LogP contribution in [0.5, 0.6) is 0 Å². The molecule has 0 unspecified atom stereocenters. The maximum Gasteiger partial charge on any atom is 0.236 e. The van der Waals surface area contributed by atoms with Gasteiger partial charge in [-0.3, -0.25) is 4.79 Å². The van der Waals surface area contributed by atoms with E-state index in [-0.39, 0.29) is 11.7 Å². The molecule has 0 radical (unpaired) electrons. The van der Waals surface area contributed by atoms with Crippen LogP contribution in [0.2, 0.25) is 5.02 Å². The molecule has 1 N–H and O–H groups in total. The van der Waals surface area contributed by atoms with Crippen LogP contribution in [0.25, 0.3) is 21.5 Å². The van der Waals surface area contributed by atoms with Crippen molar-refractivity contribution in [3.8, 4) is 11.3 Å². The number of carbonyl (C=O) groups is 1.